The molecule has 1 N–H and O–H groups in total. The highest BCUT2D eigenvalue weighted by Crippen LogP contribution is 2.17. The van der Waals surface area contributed by atoms with Gasteiger partial charge in [0.25, 0.3) is 0 Å². The minimum Gasteiger partial charge on any atom is -0.340 e. The molecule has 15 heavy (non-hydrogen) atoms. The Balaban J connectivity index is 1.78. The summed E-state index contributed by atoms with van der Waals surface area (Å²) in [6.45, 7) is 5.74. The summed E-state index contributed by atoms with van der Waals surface area (Å²) >= 11 is 0. The first-order valence-electron chi connectivity index (χ1n) is 5.93. The standard InChI is InChI=1S/C11H21N3O/c1-13-5-2-10(3-6-13)9-14-7-4-12-8-11(14)15/h10,12H,2-9H2,1H3. The minimum atomic E-state index is 0.278. The van der Waals surface area contributed by atoms with Crippen LogP contribution in [0.5, 0.6) is 0 Å². The zero-order valence-corrected chi connectivity index (χ0v) is 9.54. The van der Waals surface area contributed by atoms with Crippen LogP contribution in [0, 0.1) is 5.92 Å². The SMILES string of the molecule is CN1CCC(CN2CCNCC2=O)CC1. The number of piperidine rings is 1. The van der Waals surface area contributed by atoms with E-state index in [0.717, 1.165) is 25.6 Å². The summed E-state index contributed by atoms with van der Waals surface area (Å²) in [6, 6.07) is 0. The Labute approximate surface area is 91.6 Å². The molecule has 0 saturated carbocycles. The molecule has 0 aliphatic carbocycles. The number of hydrogen-bond donors (Lipinski definition) is 1. The van der Waals surface area contributed by atoms with Gasteiger partial charge in [0.2, 0.25) is 5.91 Å². The molecule has 0 unspecified atom stereocenters. The third-order valence-electron chi connectivity index (χ3n) is 3.50. The van der Waals surface area contributed by atoms with E-state index in [9.17, 15) is 4.79 Å². The van der Waals surface area contributed by atoms with Crippen LogP contribution in [0.2, 0.25) is 0 Å². The number of carbonyl (C=O) groups is 1. The van der Waals surface area contributed by atoms with Gasteiger partial charge < -0.3 is 15.1 Å². The number of piperazine rings is 1. The molecule has 2 fully saturated rings. The topological polar surface area (TPSA) is 35.6 Å². The molecule has 0 aromatic heterocycles. The van der Waals surface area contributed by atoms with Crippen molar-refractivity contribution < 1.29 is 4.79 Å². The quantitative estimate of drug-likeness (QED) is 0.685. The van der Waals surface area contributed by atoms with Gasteiger partial charge in [0.15, 0.2) is 0 Å². The van der Waals surface area contributed by atoms with E-state index in [4.69, 9.17) is 0 Å². The maximum Gasteiger partial charge on any atom is 0.236 e. The summed E-state index contributed by atoms with van der Waals surface area (Å²) in [5.41, 5.74) is 0. The predicted molar refractivity (Wildman–Crippen MR) is 59.7 cm³/mol. The van der Waals surface area contributed by atoms with E-state index in [-0.39, 0.29) is 5.91 Å². The number of likely N-dealkylation sites (tertiary alicyclic amines) is 1. The van der Waals surface area contributed by atoms with Gasteiger partial charge >= 0.3 is 0 Å². The van der Waals surface area contributed by atoms with Crippen LogP contribution in [-0.4, -0.2) is 62.0 Å². The first-order valence-corrected chi connectivity index (χ1v) is 5.93. The van der Waals surface area contributed by atoms with Crippen molar-refractivity contribution in [2.45, 2.75) is 12.8 Å². The largest absolute Gasteiger partial charge is 0.340 e. The average molecular weight is 211 g/mol. The molecule has 4 heteroatoms. The molecular formula is C11H21N3O. The second-order valence-corrected chi connectivity index (χ2v) is 4.76. The van der Waals surface area contributed by atoms with Crippen molar-refractivity contribution in [3.8, 4) is 0 Å². The number of hydrogen-bond acceptors (Lipinski definition) is 3. The van der Waals surface area contributed by atoms with Crippen LogP contribution >= 0.6 is 0 Å². The molecule has 4 nitrogen and oxygen atoms in total. The van der Waals surface area contributed by atoms with Gasteiger partial charge in [0, 0.05) is 19.6 Å². The lowest BCUT2D eigenvalue weighted by atomic mass is 9.96. The van der Waals surface area contributed by atoms with Gasteiger partial charge in [0.1, 0.15) is 0 Å². The summed E-state index contributed by atoms with van der Waals surface area (Å²) in [5, 5.41) is 3.11. The molecule has 0 atom stereocenters. The van der Waals surface area contributed by atoms with E-state index in [1.807, 2.05) is 4.90 Å². The van der Waals surface area contributed by atoms with Crippen LogP contribution in [0.25, 0.3) is 0 Å². The van der Waals surface area contributed by atoms with Crippen molar-refractivity contribution in [2.24, 2.45) is 5.92 Å². The van der Waals surface area contributed by atoms with E-state index in [1.54, 1.807) is 0 Å². The van der Waals surface area contributed by atoms with E-state index in [1.165, 1.54) is 25.9 Å². The van der Waals surface area contributed by atoms with E-state index in [2.05, 4.69) is 17.3 Å². The number of amides is 1. The molecule has 2 heterocycles. The normalized spacial score (nSPS) is 25.9. The molecule has 86 valence electrons. The molecule has 0 aromatic carbocycles. The number of carbonyl (C=O) groups excluding carboxylic acids is 1. The van der Waals surface area contributed by atoms with Gasteiger partial charge in [-0.1, -0.05) is 0 Å². The molecule has 0 spiro atoms. The van der Waals surface area contributed by atoms with Crippen LogP contribution in [0.3, 0.4) is 0 Å². The van der Waals surface area contributed by atoms with Crippen molar-refractivity contribution in [2.75, 3.05) is 46.3 Å². The molecule has 2 aliphatic heterocycles. The third kappa shape index (κ3) is 2.92. The van der Waals surface area contributed by atoms with Gasteiger partial charge in [0.05, 0.1) is 6.54 Å². The summed E-state index contributed by atoms with van der Waals surface area (Å²) in [5.74, 6) is 1.00. The monoisotopic (exact) mass is 211 g/mol. The third-order valence-corrected chi connectivity index (χ3v) is 3.50. The van der Waals surface area contributed by atoms with E-state index < -0.39 is 0 Å². The average Bonchev–Trinajstić information content (AvgIpc) is 2.25. The van der Waals surface area contributed by atoms with Crippen LogP contribution in [0.15, 0.2) is 0 Å². The summed E-state index contributed by atoms with van der Waals surface area (Å²) in [6.07, 6.45) is 2.49. The van der Waals surface area contributed by atoms with Crippen LogP contribution in [0.1, 0.15) is 12.8 Å². The number of nitrogens with zero attached hydrogens (tertiary/aromatic N) is 2. The minimum absolute atomic E-state index is 0.278. The van der Waals surface area contributed by atoms with Gasteiger partial charge in [-0.2, -0.15) is 0 Å². The van der Waals surface area contributed by atoms with Crippen molar-refractivity contribution in [3.05, 3.63) is 0 Å². The lowest BCUT2D eigenvalue weighted by molar-refractivity contribution is -0.132. The van der Waals surface area contributed by atoms with Gasteiger partial charge in [-0.25, -0.2) is 0 Å². The Kier molecular flexibility index (Phi) is 3.59. The van der Waals surface area contributed by atoms with Crippen molar-refractivity contribution >= 4 is 5.91 Å². The Hall–Kier alpha value is -0.610. The lowest BCUT2D eigenvalue weighted by Crippen LogP contribution is -2.50. The summed E-state index contributed by atoms with van der Waals surface area (Å²) in [7, 11) is 2.17. The second kappa shape index (κ2) is 4.94. The Morgan fingerprint density at radius 3 is 2.73 bits per heavy atom. The highest BCUT2D eigenvalue weighted by atomic mass is 16.2. The maximum atomic E-state index is 11.6. The fourth-order valence-electron chi connectivity index (χ4n) is 2.40. The fraction of sp³-hybridized carbons (Fsp3) is 0.909. The van der Waals surface area contributed by atoms with Gasteiger partial charge in [-0.05, 0) is 38.9 Å². The zero-order chi connectivity index (χ0) is 10.7. The predicted octanol–water partition coefficient (Wildman–Crippen LogP) is -0.240. The Bertz CT molecular complexity index is 224. The summed E-state index contributed by atoms with van der Waals surface area (Å²) in [4.78, 5) is 16.0. The molecule has 1 amide bonds. The van der Waals surface area contributed by atoms with Crippen LogP contribution < -0.4 is 5.32 Å². The Morgan fingerprint density at radius 2 is 2.07 bits per heavy atom. The van der Waals surface area contributed by atoms with Crippen LogP contribution in [0.4, 0.5) is 0 Å². The van der Waals surface area contributed by atoms with Gasteiger partial charge in [-0.15, -0.1) is 0 Å². The highest BCUT2D eigenvalue weighted by molar-refractivity contribution is 5.78. The lowest BCUT2D eigenvalue weighted by Gasteiger charge is -2.34. The molecule has 0 radical (unpaired) electrons. The first kappa shape index (κ1) is 10.9. The van der Waals surface area contributed by atoms with Crippen LogP contribution in [-0.2, 0) is 4.79 Å². The maximum absolute atomic E-state index is 11.6. The molecule has 2 rings (SSSR count). The second-order valence-electron chi connectivity index (χ2n) is 4.76. The zero-order valence-electron chi connectivity index (χ0n) is 9.54. The van der Waals surface area contributed by atoms with Crippen molar-refractivity contribution in [3.63, 3.8) is 0 Å². The molecule has 0 bridgehead atoms. The molecule has 0 aromatic rings. The molecule has 2 saturated heterocycles. The van der Waals surface area contributed by atoms with Crippen molar-refractivity contribution in [1.82, 2.24) is 15.1 Å². The summed E-state index contributed by atoms with van der Waals surface area (Å²) < 4.78 is 0. The van der Waals surface area contributed by atoms with Gasteiger partial charge in [-0.3, -0.25) is 4.79 Å². The smallest absolute Gasteiger partial charge is 0.236 e. The fourth-order valence-corrected chi connectivity index (χ4v) is 2.40. The number of rotatable bonds is 2. The first-order chi connectivity index (χ1) is 7.25. The van der Waals surface area contributed by atoms with E-state index >= 15 is 0 Å². The Morgan fingerprint density at radius 1 is 1.33 bits per heavy atom. The molecular weight excluding hydrogens is 190 g/mol. The van der Waals surface area contributed by atoms with Crippen molar-refractivity contribution in [1.29, 1.82) is 0 Å². The molecule has 2 aliphatic rings. The number of nitrogens with one attached hydrogen (secondary N) is 1. The highest BCUT2D eigenvalue weighted by Gasteiger charge is 2.23. The van der Waals surface area contributed by atoms with E-state index in [0.29, 0.717) is 6.54 Å².